The fourth-order valence-corrected chi connectivity index (χ4v) is 2.87. The Morgan fingerprint density at radius 1 is 1.38 bits per heavy atom. The quantitative estimate of drug-likeness (QED) is 0.912. The Labute approximate surface area is 124 Å². The van der Waals surface area contributed by atoms with Crippen LogP contribution in [0, 0.1) is 6.92 Å². The highest BCUT2D eigenvalue weighted by molar-refractivity contribution is 5.37. The highest BCUT2D eigenvalue weighted by Gasteiger charge is 2.18. The van der Waals surface area contributed by atoms with Crippen LogP contribution in [0.1, 0.15) is 29.3 Å². The zero-order valence-electron chi connectivity index (χ0n) is 12.6. The van der Waals surface area contributed by atoms with E-state index in [4.69, 9.17) is 9.26 Å². The van der Waals surface area contributed by atoms with Gasteiger partial charge in [0.25, 0.3) is 0 Å². The third kappa shape index (κ3) is 3.42. The first-order chi connectivity index (χ1) is 10.2. The summed E-state index contributed by atoms with van der Waals surface area (Å²) in [6, 6.07) is 6.90. The molecule has 1 aliphatic rings. The molecule has 2 aromatic rings. The van der Waals surface area contributed by atoms with Gasteiger partial charge in [-0.3, -0.25) is 0 Å². The average molecular weight is 287 g/mol. The molecule has 0 saturated carbocycles. The van der Waals surface area contributed by atoms with E-state index in [0.29, 0.717) is 11.9 Å². The van der Waals surface area contributed by atoms with Gasteiger partial charge in [0.05, 0.1) is 7.11 Å². The van der Waals surface area contributed by atoms with E-state index in [0.717, 1.165) is 37.4 Å². The summed E-state index contributed by atoms with van der Waals surface area (Å²) in [5.74, 6) is 2.35. The highest BCUT2D eigenvalue weighted by Crippen LogP contribution is 2.25. The maximum Gasteiger partial charge on any atom is 0.223 e. The van der Waals surface area contributed by atoms with Crippen molar-refractivity contribution in [2.24, 2.45) is 0 Å². The van der Waals surface area contributed by atoms with E-state index in [9.17, 15) is 0 Å². The molecular formula is C16H21N3O2. The molecule has 0 spiro atoms. The maximum absolute atomic E-state index is 5.31. The van der Waals surface area contributed by atoms with Gasteiger partial charge >= 0.3 is 0 Å². The fraction of sp³-hybridized carbons (Fsp3) is 0.500. The number of benzene rings is 1. The number of hydrogen-bond donors (Lipinski definition) is 1. The molecule has 0 saturated heterocycles. The number of methoxy groups -OCH3 is 1. The minimum absolute atomic E-state index is 0.512. The SMILES string of the molecule is COc1ccc2c(c1)CC(NCCc1noc(C)n1)CC2. The predicted octanol–water partition coefficient (Wildman–Crippen LogP) is 2.08. The monoisotopic (exact) mass is 287 g/mol. The molecule has 5 heteroatoms. The predicted molar refractivity (Wildman–Crippen MR) is 79.5 cm³/mol. The summed E-state index contributed by atoms with van der Waals surface area (Å²) in [6.45, 7) is 2.69. The highest BCUT2D eigenvalue weighted by atomic mass is 16.5. The second-order valence-corrected chi connectivity index (χ2v) is 5.51. The van der Waals surface area contributed by atoms with Gasteiger partial charge in [-0.15, -0.1) is 0 Å². The summed E-state index contributed by atoms with van der Waals surface area (Å²) in [5.41, 5.74) is 2.84. The minimum Gasteiger partial charge on any atom is -0.497 e. The molecule has 0 amide bonds. The van der Waals surface area contributed by atoms with Crippen LogP contribution in [0.2, 0.25) is 0 Å². The lowest BCUT2D eigenvalue weighted by Crippen LogP contribution is -2.35. The van der Waals surface area contributed by atoms with E-state index in [1.165, 1.54) is 17.5 Å². The van der Waals surface area contributed by atoms with Crippen LogP contribution in [0.3, 0.4) is 0 Å². The van der Waals surface area contributed by atoms with Crippen LogP contribution in [0.5, 0.6) is 5.75 Å². The molecule has 0 radical (unpaired) electrons. The molecule has 1 atom stereocenters. The zero-order valence-corrected chi connectivity index (χ0v) is 12.6. The molecule has 1 unspecified atom stereocenters. The lowest BCUT2D eigenvalue weighted by Gasteiger charge is -2.25. The Morgan fingerprint density at radius 3 is 3.05 bits per heavy atom. The van der Waals surface area contributed by atoms with E-state index >= 15 is 0 Å². The first-order valence-electron chi connectivity index (χ1n) is 7.43. The lowest BCUT2D eigenvalue weighted by molar-refractivity contribution is 0.385. The first-order valence-corrected chi connectivity index (χ1v) is 7.43. The van der Waals surface area contributed by atoms with E-state index in [-0.39, 0.29) is 0 Å². The molecule has 112 valence electrons. The number of ether oxygens (including phenoxy) is 1. The Morgan fingerprint density at radius 2 is 2.29 bits per heavy atom. The van der Waals surface area contributed by atoms with Gasteiger partial charge in [0.15, 0.2) is 5.82 Å². The summed E-state index contributed by atoms with van der Waals surface area (Å²) < 4.78 is 10.3. The molecule has 0 fully saturated rings. The Balaban J connectivity index is 1.53. The molecule has 1 aromatic carbocycles. The van der Waals surface area contributed by atoms with E-state index < -0.39 is 0 Å². The largest absolute Gasteiger partial charge is 0.497 e. The number of nitrogens with one attached hydrogen (secondary N) is 1. The van der Waals surface area contributed by atoms with Crippen LogP contribution in [-0.4, -0.2) is 29.8 Å². The minimum atomic E-state index is 0.512. The second-order valence-electron chi connectivity index (χ2n) is 5.51. The van der Waals surface area contributed by atoms with Crippen molar-refractivity contribution in [3.8, 4) is 5.75 Å². The Kier molecular flexibility index (Phi) is 4.20. The number of nitrogens with zero attached hydrogens (tertiary/aromatic N) is 2. The third-order valence-corrected chi connectivity index (χ3v) is 3.99. The molecule has 1 N–H and O–H groups in total. The molecule has 1 heterocycles. The summed E-state index contributed by atoms with van der Waals surface area (Å²) in [7, 11) is 1.72. The molecule has 5 nitrogen and oxygen atoms in total. The molecule has 21 heavy (non-hydrogen) atoms. The normalized spacial score (nSPS) is 17.5. The molecule has 0 aliphatic heterocycles. The fourth-order valence-electron chi connectivity index (χ4n) is 2.87. The Bertz CT molecular complexity index is 609. The number of fused-ring (bicyclic) bond motifs is 1. The van der Waals surface area contributed by atoms with Crippen molar-refractivity contribution in [2.45, 2.75) is 38.6 Å². The van der Waals surface area contributed by atoms with Crippen LogP contribution < -0.4 is 10.1 Å². The van der Waals surface area contributed by atoms with Crippen molar-refractivity contribution in [1.29, 1.82) is 0 Å². The zero-order chi connectivity index (χ0) is 14.7. The average Bonchev–Trinajstić information content (AvgIpc) is 2.92. The van der Waals surface area contributed by atoms with Crippen molar-refractivity contribution < 1.29 is 9.26 Å². The van der Waals surface area contributed by atoms with Gasteiger partial charge in [-0.2, -0.15) is 4.98 Å². The van der Waals surface area contributed by atoms with Crippen LogP contribution in [0.4, 0.5) is 0 Å². The molecular weight excluding hydrogens is 266 g/mol. The van der Waals surface area contributed by atoms with Crippen LogP contribution in [0.15, 0.2) is 22.7 Å². The lowest BCUT2D eigenvalue weighted by atomic mass is 9.88. The van der Waals surface area contributed by atoms with Gasteiger partial charge in [0.1, 0.15) is 5.75 Å². The topological polar surface area (TPSA) is 60.2 Å². The van der Waals surface area contributed by atoms with Crippen molar-refractivity contribution in [3.63, 3.8) is 0 Å². The molecule has 1 aromatic heterocycles. The molecule has 1 aliphatic carbocycles. The van der Waals surface area contributed by atoms with Gasteiger partial charge in [-0.1, -0.05) is 11.2 Å². The first kappa shape index (κ1) is 14.1. The Hall–Kier alpha value is -1.88. The number of aryl methyl sites for hydroxylation is 2. The maximum atomic E-state index is 5.31. The van der Waals surface area contributed by atoms with Gasteiger partial charge in [0, 0.05) is 25.9 Å². The van der Waals surface area contributed by atoms with Gasteiger partial charge in [-0.25, -0.2) is 0 Å². The van der Waals surface area contributed by atoms with E-state index in [1.807, 2.05) is 13.0 Å². The summed E-state index contributed by atoms with van der Waals surface area (Å²) in [5, 5.41) is 7.51. The number of rotatable bonds is 5. The van der Waals surface area contributed by atoms with Gasteiger partial charge in [0.2, 0.25) is 5.89 Å². The molecule has 3 rings (SSSR count). The second kappa shape index (κ2) is 6.26. The summed E-state index contributed by atoms with van der Waals surface area (Å²) in [4.78, 5) is 4.22. The van der Waals surface area contributed by atoms with Crippen LogP contribution in [0.25, 0.3) is 0 Å². The van der Waals surface area contributed by atoms with Crippen LogP contribution in [-0.2, 0) is 19.3 Å². The van der Waals surface area contributed by atoms with Crippen molar-refractivity contribution >= 4 is 0 Å². The standard InChI is InChI=1S/C16H21N3O2/c1-11-18-16(19-21-11)7-8-17-14-5-3-12-4-6-15(20-2)10-13(12)9-14/h4,6,10,14,17H,3,5,7-9H2,1-2H3. The van der Waals surface area contributed by atoms with Gasteiger partial charge in [-0.05, 0) is 42.5 Å². The van der Waals surface area contributed by atoms with E-state index in [1.54, 1.807) is 7.11 Å². The summed E-state index contributed by atoms with van der Waals surface area (Å²) in [6.07, 6.45) is 4.15. The van der Waals surface area contributed by atoms with Crippen LogP contribution >= 0.6 is 0 Å². The number of hydrogen-bond acceptors (Lipinski definition) is 5. The van der Waals surface area contributed by atoms with Crippen molar-refractivity contribution in [2.75, 3.05) is 13.7 Å². The van der Waals surface area contributed by atoms with Crippen molar-refractivity contribution in [3.05, 3.63) is 41.0 Å². The van der Waals surface area contributed by atoms with Gasteiger partial charge < -0.3 is 14.6 Å². The smallest absolute Gasteiger partial charge is 0.223 e. The third-order valence-electron chi connectivity index (χ3n) is 3.99. The van der Waals surface area contributed by atoms with Crippen molar-refractivity contribution in [1.82, 2.24) is 15.5 Å². The van der Waals surface area contributed by atoms with E-state index in [2.05, 4.69) is 27.6 Å². The molecule has 0 bridgehead atoms. The summed E-state index contributed by atoms with van der Waals surface area (Å²) >= 11 is 0. The number of aromatic nitrogens is 2.